The molecular formula is C20H28Cl2N2O2. The second kappa shape index (κ2) is 8.37. The smallest absolute Gasteiger partial charge is 0.223 e. The van der Waals surface area contributed by atoms with E-state index in [-0.39, 0.29) is 30.3 Å². The van der Waals surface area contributed by atoms with E-state index < -0.39 is 0 Å². The van der Waals surface area contributed by atoms with Gasteiger partial charge < -0.3 is 15.8 Å². The molecule has 2 bridgehead atoms. The molecule has 1 aromatic rings. The molecule has 1 amide bonds. The summed E-state index contributed by atoms with van der Waals surface area (Å²) in [5, 5.41) is 3.92. The van der Waals surface area contributed by atoms with Crippen LogP contribution in [-0.4, -0.2) is 18.6 Å². The Hall–Kier alpha value is -0.970. The van der Waals surface area contributed by atoms with E-state index in [1.54, 1.807) is 0 Å². The predicted molar refractivity (Wildman–Crippen MR) is 106 cm³/mol. The normalized spacial score (nSPS) is 33.1. The monoisotopic (exact) mass is 398 g/mol. The summed E-state index contributed by atoms with van der Waals surface area (Å²) in [5.74, 6) is 2.04. The molecule has 3 atom stereocenters. The Balaban J connectivity index is 0.00000196. The fourth-order valence-electron chi connectivity index (χ4n) is 5.01. The van der Waals surface area contributed by atoms with Gasteiger partial charge in [0.1, 0.15) is 5.75 Å². The number of para-hydroxylation sites is 1. The van der Waals surface area contributed by atoms with Crippen LogP contribution in [0.5, 0.6) is 5.75 Å². The van der Waals surface area contributed by atoms with E-state index in [9.17, 15) is 4.79 Å². The Bertz CT molecular complexity index is 641. The van der Waals surface area contributed by atoms with Crippen molar-refractivity contribution in [3.63, 3.8) is 0 Å². The molecule has 0 spiro atoms. The first kappa shape index (κ1) is 19.8. The van der Waals surface area contributed by atoms with Gasteiger partial charge in [0.05, 0.1) is 17.7 Å². The topological polar surface area (TPSA) is 64.4 Å². The van der Waals surface area contributed by atoms with Crippen LogP contribution in [0.3, 0.4) is 0 Å². The van der Waals surface area contributed by atoms with Crippen molar-refractivity contribution in [2.24, 2.45) is 23.5 Å². The second-order valence-corrected chi connectivity index (χ2v) is 8.31. The van der Waals surface area contributed by atoms with Crippen LogP contribution in [0.25, 0.3) is 0 Å². The molecule has 2 fully saturated rings. The lowest BCUT2D eigenvalue weighted by atomic mass is 9.65. The van der Waals surface area contributed by atoms with Crippen LogP contribution in [0.2, 0.25) is 5.02 Å². The van der Waals surface area contributed by atoms with Gasteiger partial charge in [0, 0.05) is 17.5 Å². The maximum Gasteiger partial charge on any atom is 0.223 e. The van der Waals surface area contributed by atoms with Crippen LogP contribution < -0.4 is 15.8 Å². The van der Waals surface area contributed by atoms with Gasteiger partial charge in [-0.05, 0) is 56.4 Å². The largest absolute Gasteiger partial charge is 0.492 e. The maximum absolute atomic E-state index is 13.0. The van der Waals surface area contributed by atoms with E-state index in [1.165, 1.54) is 19.3 Å². The number of carbonyl (C=O) groups is 1. The van der Waals surface area contributed by atoms with Gasteiger partial charge in [-0.25, -0.2) is 0 Å². The molecule has 2 saturated carbocycles. The third-order valence-corrected chi connectivity index (χ3v) is 6.65. The fraction of sp³-hybridized carbons (Fsp3) is 0.650. The number of halogens is 2. The van der Waals surface area contributed by atoms with Gasteiger partial charge in [-0.2, -0.15) is 0 Å². The molecule has 144 valence electrons. The highest BCUT2D eigenvalue weighted by Crippen LogP contribution is 2.43. The lowest BCUT2D eigenvalue weighted by Crippen LogP contribution is -2.49. The van der Waals surface area contributed by atoms with Crippen LogP contribution in [0.4, 0.5) is 0 Å². The minimum Gasteiger partial charge on any atom is -0.492 e. The number of hydrogen-bond donors (Lipinski definition) is 2. The van der Waals surface area contributed by atoms with Crippen molar-refractivity contribution in [1.29, 1.82) is 0 Å². The van der Waals surface area contributed by atoms with Gasteiger partial charge in [0.2, 0.25) is 5.91 Å². The first-order valence-corrected chi connectivity index (χ1v) is 9.98. The zero-order chi connectivity index (χ0) is 17.4. The summed E-state index contributed by atoms with van der Waals surface area (Å²) in [5.41, 5.74) is 7.37. The van der Waals surface area contributed by atoms with E-state index in [2.05, 4.69) is 5.32 Å². The highest BCUT2D eigenvalue weighted by Gasteiger charge is 2.41. The van der Waals surface area contributed by atoms with Crippen molar-refractivity contribution < 1.29 is 9.53 Å². The average molecular weight is 399 g/mol. The predicted octanol–water partition coefficient (Wildman–Crippen LogP) is 4.25. The number of nitrogens with one attached hydrogen (secondary N) is 1. The summed E-state index contributed by atoms with van der Waals surface area (Å²) in [6.45, 7) is 0.644. The van der Waals surface area contributed by atoms with Crippen LogP contribution in [0.15, 0.2) is 18.2 Å². The molecule has 3 unspecified atom stereocenters. The SMILES string of the molecule is Cl.NC1C2CCCC1CC(C(=O)NC1CCCOc3c(Cl)cccc31)C2. The number of amides is 1. The molecule has 6 heteroatoms. The van der Waals surface area contributed by atoms with Gasteiger partial charge in [-0.1, -0.05) is 30.2 Å². The highest BCUT2D eigenvalue weighted by molar-refractivity contribution is 6.32. The van der Waals surface area contributed by atoms with Crippen LogP contribution in [0.1, 0.15) is 56.6 Å². The van der Waals surface area contributed by atoms with Gasteiger partial charge in [0.25, 0.3) is 0 Å². The van der Waals surface area contributed by atoms with Crippen molar-refractivity contribution in [2.45, 2.75) is 57.0 Å². The average Bonchev–Trinajstić information content (AvgIpc) is 2.78. The quantitative estimate of drug-likeness (QED) is 0.782. The molecule has 0 radical (unpaired) electrons. The number of rotatable bonds is 2. The Labute approximate surface area is 166 Å². The molecule has 1 heterocycles. The summed E-state index contributed by atoms with van der Waals surface area (Å²) >= 11 is 6.29. The minimum atomic E-state index is -0.0147. The molecule has 3 aliphatic rings. The van der Waals surface area contributed by atoms with Crippen LogP contribution >= 0.6 is 24.0 Å². The third-order valence-electron chi connectivity index (χ3n) is 6.36. The summed E-state index contributed by atoms with van der Waals surface area (Å²) in [7, 11) is 0. The number of nitrogens with two attached hydrogens (primary N) is 1. The number of hydrogen-bond acceptors (Lipinski definition) is 3. The first-order chi connectivity index (χ1) is 12.1. The minimum absolute atomic E-state index is 0. The Kier molecular flexibility index (Phi) is 6.37. The molecule has 26 heavy (non-hydrogen) atoms. The van der Waals surface area contributed by atoms with Crippen molar-refractivity contribution in [3.05, 3.63) is 28.8 Å². The van der Waals surface area contributed by atoms with Gasteiger partial charge in [-0.15, -0.1) is 12.4 Å². The van der Waals surface area contributed by atoms with Crippen LogP contribution in [0, 0.1) is 17.8 Å². The molecule has 3 N–H and O–H groups in total. The fourth-order valence-corrected chi connectivity index (χ4v) is 5.25. The Morgan fingerprint density at radius 2 is 1.88 bits per heavy atom. The molecular weight excluding hydrogens is 371 g/mol. The lowest BCUT2D eigenvalue weighted by molar-refractivity contribution is -0.128. The van der Waals surface area contributed by atoms with E-state index >= 15 is 0 Å². The third kappa shape index (κ3) is 3.83. The van der Waals surface area contributed by atoms with E-state index in [4.69, 9.17) is 22.1 Å². The number of ether oxygens (including phenoxy) is 1. The molecule has 0 aromatic heterocycles. The summed E-state index contributed by atoms with van der Waals surface area (Å²) in [4.78, 5) is 13.0. The van der Waals surface area contributed by atoms with Crippen molar-refractivity contribution in [2.75, 3.05) is 6.61 Å². The Morgan fingerprint density at radius 3 is 2.62 bits per heavy atom. The standard InChI is InChI=1S/C20H27ClN2O2.ClH/c21-16-7-2-6-15-17(8-3-9-25-19(15)16)23-20(24)14-10-12-4-1-5-13(11-14)18(12)22;/h2,6-7,12-14,17-18H,1,3-5,8-11,22H2,(H,23,24);1H. The summed E-state index contributed by atoms with van der Waals surface area (Å²) in [6.07, 6.45) is 7.30. The van der Waals surface area contributed by atoms with Gasteiger partial charge in [0.15, 0.2) is 0 Å². The second-order valence-electron chi connectivity index (χ2n) is 7.91. The number of fused-ring (bicyclic) bond motifs is 3. The number of benzene rings is 1. The maximum atomic E-state index is 13.0. The summed E-state index contributed by atoms with van der Waals surface area (Å²) in [6, 6.07) is 6.07. The Morgan fingerprint density at radius 1 is 1.15 bits per heavy atom. The molecule has 4 rings (SSSR count). The van der Waals surface area contributed by atoms with Gasteiger partial charge >= 0.3 is 0 Å². The van der Waals surface area contributed by atoms with E-state index in [0.717, 1.165) is 37.0 Å². The molecule has 1 aliphatic heterocycles. The zero-order valence-electron chi connectivity index (χ0n) is 15.0. The van der Waals surface area contributed by atoms with E-state index in [1.807, 2.05) is 18.2 Å². The van der Waals surface area contributed by atoms with Gasteiger partial charge in [-0.3, -0.25) is 4.79 Å². The molecule has 1 aromatic carbocycles. The van der Waals surface area contributed by atoms with Crippen LogP contribution in [-0.2, 0) is 4.79 Å². The molecule has 4 nitrogen and oxygen atoms in total. The van der Waals surface area contributed by atoms with Crippen molar-refractivity contribution in [3.8, 4) is 5.75 Å². The van der Waals surface area contributed by atoms with Crippen molar-refractivity contribution >= 4 is 29.9 Å². The summed E-state index contributed by atoms with van der Waals surface area (Å²) < 4.78 is 5.81. The lowest BCUT2D eigenvalue weighted by Gasteiger charge is -2.43. The molecule has 2 aliphatic carbocycles. The zero-order valence-corrected chi connectivity index (χ0v) is 16.5. The highest BCUT2D eigenvalue weighted by atomic mass is 35.5. The number of carbonyl (C=O) groups excluding carboxylic acids is 1. The van der Waals surface area contributed by atoms with Crippen molar-refractivity contribution in [1.82, 2.24) is 5.32 Å². The molecule has 0 saturated heterocycles. The van der Waals surface area contributed by atoms with E-state index in [0.29, 0.717) is 29.5 Å². The first-order valence-electron chi connectivity index (χ1n) is 9.60.